The van der Waals surface area contributed by atoms with Crippen molar-refractivity contribution in [2.75, 3.05) is 24.4 Å². The van der Waals surface area contributed by atoms with Gasteiger partial charge >= 0.3 is 0 Å². The lowest BCUT2D eigenvalue weighted by Crippen LogP contribution is -2.42. The predicted octanol–water partition coefficient (Wildman–Crippen LogP) is 5.43. The quantitative estimate of drug-likeness (QED) is 0.522. The largest absolute Gasteiger partial charge is 0.496 e. The Bertz CT molecular complexity index is 1100. The highest BCUT2D eigenvalue weighted by Crippen LogP contribution is 2.41. The van der Waals surface area contributed by atoms with E-state index in [1.165, 1.54) is 5.56 Å². The van der Waals surface area contributed by atoms with Crippen LogP contribution in [0.1, 0.15) is 44.4 Å². The number of aryl methyl sites for hydroxylation is 1. The van der Waals surface area contributed by atoms with Gasteiger partial charge in [-0.2, -0.15) is 5.26 Å². The van der Waals surface area contributed by atoms with Crippen molar-refractivity contribution >= 4 is 28.9 Å². The van der Waals surface area contributed by atoms with Crippen LogP contribution in [-0.4, -0.2) is 25.6 Å². The van der Waals surface area contributed by atoms with Gasteiger partial charge in [0.1, 0.15) is 17.4 Å². The third-order valence-corrected chi connectivity index (χ3v) is 5.85. The van der Waals surface area contributed by atoms with Crippen LogP contribution in [0.5, 0.6) is 5.75 Å². The lowest BCUT2D eigenvalue weighted by atomic mass is 9.88. The Morgan fingerprint density at radius 1 is 1.26 bits per heavy atom. The number of likely N-dealkylation sites (N-methyl/N-ethyl adjacent to an activating group) is 1. The fraction of sp³-hybridized carbons (Fsp3) is 0.308. The average Bonchev–Trinajstić information content (AvgIpc) is 2.75. The molecule has 5 heteroatoms. The number of anilines is 2. The summed E-state index contributed by atoms with van der Waals surface area (Å²) < 4.78 is 5.60. The number of allylic oxidation sites excluding steroid dienone is 1. The lowest BCUT2D eigenvalue weighted by molar-refractivity contribution is -0.112. The monoisotopic (exact) mass is 415 g/mol. The number of rotatable bonds is 5. The van der Waals surface area contributed by atoms with Gasteiger partial charge in [0.05, 0.1) is 12.6 Å². The van der Waals surface area contributed by atoms with Crippen LogP contribution in [0.25, 0.3) is 11.6 Å². The van der Waals surface area contributed by atoms with Crippen LogP contribution in [0.2, 0.25) is 0 Å². The highest BCUT2D eigenvalue weighted by molar-refractivity contribution is 6.10. The van der Waals surface area contributed by atoms with Gasteiger partial charge in [-0.15, -0.1) is 0 Å². The molecule has 3 rings (SSSR count). The summed E-state index contributed by atoms with van der Waals surface area (Å²) in [5, 5.41) is 12.4. The molecule has 1 aliphatic rings. The van der Waals surface area contributed by atoms with Crippen molar-refractivity contribution in [2.24, 2.45) is 0 Å². The molecule has 1 amide bonds. The minimum atomic E-state index is -0.447. The van der Waals surface area contributed by atoms with E-state index in [1.54, 1.807) is 13.2 Å². The summed E-state index contributed by atoms with van der Waals surface area (Å²) >= 11 is 0. The highest BCUT2D eigenvalue weighted by Gasteiger charge is 2.29. The van der Waals surface area contributed by atoms with Crippen molar-refractivity contribution in [2.45, 2.75) is 39.7 Å². The Morgan fingerprint density at radius 2 is 1.94 bits per heavy atom. The Morgan fingerprint density at radius 3 is 2.52 bits per heavy atom. The minimum absolute atomic E-state index is 0.0175. The fourth-order valence-corrected chi connectivity index (χ4v) is 3.81. The van der Waals surface area contributed by atoms with Crippen LogP contribution in [0.3, 0.4) is 0 Å². The maximum Gasteiger partial charge on any atom is 0.266 e. The minimum Gasteiger partial charge on any atom is -0.496 e. The molecule has 0 unspecified atom stereocenters. The predicted molar refractivity (Wildman–Crippen MR) is 127 cm³/mol. The summed E-state index contributed by atoms with van der Waals surface area (Å²) in [6, 6.07) is 13.6. The molecule has 1 aliphatic heterocycles. The van der Waals surface area contributed by atoms with Gasteiger partial charge in [0, 0.05) is 35.6 Å². The first kappa shape index (κ1) is 22.2. The molecule has 0 saturated heterocycles. The van der Waals surface area contributed by atoms with E-state index in [0.717, 1.165) is 23.2 Å². The number of nitriles is 1. The smallest absolute Gasteiger partial charge is 0.266 e. The summed E-state index contributed by atoms with van der Waals surface area (Å²) in [6.07, 6.45) is 4.73. The third kappa shape index (κ3) is 4.49. The lowest BCUT2D eigenvalue weighted by Gasteiger charge is -2.41. The van der Waals surface area contributed by atoms with Crippen LogP contribution < -0.4 is 15.0 Å². The maximum absolute atomic E-state index is 12.7. The van der Waals surface area contributed by atoms with Crippen molar-refractivity contribution in [3.05, 3.63) is 64.7 Å². The first-order valence-corrected chi connectivity index (χ1v) is 10.4. The van der Waals surface area contributed by atoms with Crippen LogP contribution in [0.4, 0.5) is 11.4 Å². The standard InChI is InChI=1S/C26H29N3O2/c1-7-18-8-10-21(11-9-18)28-25(30)20(16-27)12-19-13-22-17(2)15-26(3,4)29(5)23(22)14-24(19)31-6/h8-15H,7H2,1-6H3,(H,28,30)/b20-12+. The van der Waals surface area contributed by atoms with Crippen molar-refractivity contribution in [3.8, 4) is 11.8 Å². The first-order valence-electron chi connectivity index (χ1n) is 10.4. The van der Waals surface area contributed by atoms with Crippen LogP contribution >= 0.6 is 0 Å². The molecule has 0 spiro atoms. The average molecular weight is 416 g/mol. The summed E-state index contributed by atoms with van der Waals surface area (Å²) in [5.41, 5.74) is 5.69. The number of amides is 1. The molecule has 0 atom stereocenters. The number of ether oxygens (including phenoxy) is 1. The van der Waals surface area contributed by atoms with Crippen LogP contribution in [-0.2, 0) is 11.2 Å². The molecule has 0 fully saturated rings. The Labute approximate surface area is 184 Å². The number of benzene rings is 2. The Hall–Kier alpha value is -3.52. The van der Waals surface area contributed by atoms with E-state index in [1.807, 2.05) is 42.5 Å². The van der Waals surface area contributed by atoms with Gasteiger partial charge in [0.2, 0.25) is 0 Å². The molecule has 0 aliphatic carbocycles. The molecular formula is C26H29N3O2. The SMILES string of the molecule is CCc1ccc(NC(=O)/C(C#N)=C/c2cc3c(cc2OC)N(C)C(C)(C)C=C3C)cc1. The second-order valence-corrected chi connectivity index (χ2v) is 8.33. The van der Waals surface area contributed by atoms with Gasteiger partial charge in [0.25, 0.3) is 5.91 Å². The molecule has 2 aromatic carbocycles. The summed E-state index contributed by atoms with van der Waals surface area (Å²) in [6.45, 7) is 8.47. The van der Waals surface area contributed by atoms with Gasteiger partial charge in [0.15, 0.2) is 0 Å². The number of nitrogens with one attached hydrogen (secondary N) is 1. The maximum atomic E-state index is 12.7. The Kier molecular flexibility index (Phi) is 6.21. The topological polar surface area (TPSA) is 65.4 Å². The summed E-state index contributed by atoms with van der Waals surface area (Å²) in [5.74, 6) is 0.168. The zero-order valence-corrected chi connectivity index (χ0v) is 19.0. The van der Waals surface area contributed by atoms with Crippen LogP contribution in [0.15, 0.2) is 48.0 Å². The number of fused-ring (bicyclic) bond motifs is 1. The van der Waals surface area contributed by atoms with Crippen molar-refractivity contribution in [1.29, 1.82) is 5.26 Å². The van der Waals surface area contributed by atoms with E-state index in [-0.39, 0.29) is 11.1 Å². The number of carbonyl (C=O) groups is 1. The molecule has 0 aromatic heterocycles. The normalized spacial score (nSPS) is 14.9. The second-order valence-electron chi connectivity index (χ2n) is 8.33. The van der Waals surface area contributed by atoms with E-state index < -0.39 is 5.91 Å². The van der Waals surface area contributed by atoms with Gasteiger partial charge in [-0.05, 0) is 62.6 Å². The zero-order chi connectivity index (χ0) is 22.8. The molecule has 0 bridgehead atoms. The number of methoxy groups -OCH3 is 1. The molecule has 31 heavy (non-hydrogen) atoms. The van der Waals surface area contributed by atoms with E-state index in [9.17, 15) is 10.1 Å². The molecule has 1 N–H and O–H groups in total. The van der Waals surface area contributed by atoms with Crippen molar-refractivity contribution in [1.82, 2.24) is 0 Å². The molecular weight excluding hydrogens is 386 g/mol. The molecule has 0 radical (unpaired) electrons. The summed E-state index contributed by atoms with van der Waals surface area (Å²) in [4.78, 5) is 14.9. The number of hydrogen-bond acceptors (Lipinski definition) is 4. The number of carbonyl (C=O) groups excluding carboxylic acids is 1. The van der Waals surface area contributed by atoms with Gasteiger partial charge in [-0.3, -0.25) is 4.79 Å². The molecule has 5 nitrogen and oxygen atoms in total. The van der Waals surface area contributed by atoms with Crippen LogP contribution in [0, 0.1) is 11.3 Å². The van der Waals surface area contributed by atoms with Crippen molar-refractivity contribution < 1.29 is 9.53 Å². The molecule has 2 aromatic rings. The second kappa shape index (κ2) is 8.69. The van der Waals surface area contributed by atoms with E-state index >= 15 is 0 Å². The summed E-state index contributed by atoms with van der Waals surface area (Å²) in [7, 11) is 3.64. The first-order chi connectivity index (χ1) is 14.7. The molecule has 1 heterocycles. The van der Waals surface area contributed by atoms with Gasteiger partial charge < -0.3 is 15.0 Å². The molecule has 0 saturated carbocycles. The fourth-order valence-electron chi connectivity index (χ4n) is 3.81. The zero-order valence-electron chi connectivity index (χ0n) is 19.0. The highest BCUT2D eigenvalue weighted by atomic mass is 16.5. The van der Waals surface area contributed by atoms with Gasteiger partial charge in [-0.25, -0.2) is 0 Å². The van der Waals surface area contributed by atoms with E-state index in [0.29, 0.717) is 17.0 Å². The van der Waals surface area contributed by atoms with Crippen molar-refractivity contribution in [3.63, 3.8) is 0 Å². The van der Waals surface area contributed by atoms with E-state index in [2.05, 4.69) is 51.0 Å². The molecule has 160 valence electrons. The van der Waals surface area contributed by atoms with Gasteiger partial charge in [-0.1, -0.05) is 25.1 Å². The third-order valence-electron chi connectivity index (χ3n) is 5.85. The Balaban J connectivity index is 1.97. The van der Waals surface area contributed by atoms with E-state index in [4.69, 9.17) is 4.74 Å². The number of hydrogen-bond donors (Lipinski definition) is 1. The number of nitrogens with zero attached hydrogens (tertiary/aromatic N) is 2.